The molecule has 4 nitrogen and oxygen atoms in total. The van der Waals surface area contributed by atoms with Crippen LogP contribution >= 0.6 is 0 Å². The van der Waals surface area contributed by atoms with Crippen LogP contribution in [0.5, 0.6) is 0 Å². The van der Waals surface area contributed by atoms with E-state index in [2.05, 4.69) is 84.4 Å². The SMILES string of the molecule is CC(=O)/C=C(/C)O.Cn1c2ccccc2c2c(-c3cc4c5c(cccc5n3)C=C4)[c-]ccc21.[Ir]. The van der Waals surface area contributed by atoms with Crippen molar-refractivity contribution in [3.63, 3.8) is 0 Å². The summed E-state index contributed by atoms with van der Waals surface area (Å²) in [6, 6.07) is 24.7. The predicted molar refractivity (Wildman–Crippen MR) is 136 cm³/mol. The van der Waals surface area contributed by atoms with Crippen LogP contribution in [0.1, 0.15) is 25.0 Å². The van der Waals surface area contributed by atoms with E-state index in [0.717, 1.165) is 16.8 Å². The van der Waals surface area contributed by atoms with Crippen molar-refractivity contribution < 1.29 is 30.0 Å². The monoisotopic (exact) mass is 624 g/mol. The quantitative estimate of drug-likeness (QED) is 0.130. The van der Waals surface area contributed by atoms with Gasteiger partial charge in [-0.05, 0) is 53.7 Å². The molecule has 1 aliphatic carbocycles. The summed E-state index contributed by atoms with van der Waals surface area (Å²) in [5.74, 6) is -0.0625. The Morgan fingerprint density at radius 2 is 1.74 bits per heavy atom. The summed E-state index contributed by atoms with van der Waals surface area (Å²) in [5.41, 5.74) is 8.04. The van der Waals surface area contributed by atoms with Gasteiger partial charge in [-0.2, -0.15) is 0 Å². The zero-order chi connectivity index (χ0) is 23.1. The summed E-state index contributed by atoms with van der Waals surface area (Å²) in [7, 11) is 2.12. The molecule has 0 fully saturated rings. The number of pyridine rings is 1. The number of hydrogen-bond donors (Lipinski definition) is 1. The minimum absolute atomic E-state index is 0. The van der Waals surface area contributed by atoms with Gasteiger partial charge in [-0.1, -0.05) is 53.9 Å². The summed E-state index contributed by atoms with van der Waals surface area (Å²) in [6.45, 7) is 2.85. The third-order valence-electron chi connectivity index (χ3n) is 5.88. The van der Waals surface area contributed by atoms with Crippen molar-refractivity contribution in [1.82, 2.24) is 9.55 Å². The van der Waals surface area contributed by atoms with Gasteiger partial charge in [0.2, 0.25) is 0 Å². The first-order valence-electron chi connectivity index (χ1n) is 10.8. The van der Waals surface area contributed by atoms with Crippen LogP contribution in [0.15, 0.2) is 72.5 Å². The molecule has 5 aromatic rings. The molecule has 1 aliphatic rings. The third kappa shape index (κ3) is 4.09. The van der Waals surface area contributed by atoms with Crippen molar-refractivity contribution >= 4 is 50.6 Å². The van der Waals surface area contributed by atoms with Crippen LogP contribution in [0.4, 0.5) is 0 Å². The van der Waals surface area contributed by atoms with E-state index in [1.807, 2.05) is 6.07 Å². The number of aryl methyl sites for hydroxylation is 1. The zero-order valence-corrected chi connectivity index (χ0v) is 21.5. The molecule has 34 heavy (non-hydrogen) atoms. The summed E-state index contributed by atoms with van der Waals surface area (Å²) in [6.07, 6.45) is 5.53. The van der Waals surface area contributed by atoms with Crippen molar-refractivity contribution in [2.24, 2.45) is 7.05 Å². The first kappa shape index (κ1) is 23.6. The minimum atomic E-state index is -0.125. The van der Waals surface area contributed by atoms with Crippen LogP contribution in [-0.2, 0) is 31.9 Å². The van der Waals surface area contributed by atoms with E-state index < -0.39 is 0 Å². The standard InChI is InChI=1S/C24H15N2.C5H8O2.Ir/c1-26-21-10-3-2-7-18(21)24-17(8-5-11-22(24)26)20-14-16-13-12-15-6-4-9-19(25-20)23(15)16;1-4(6)3-5(2)7;/h2-7,9-14H,1H3;3,6H,1-2H3;/q-1;;/b;4-3-;. The second-order valence-electron chi connectivity index (χ2n) is 8.26. The Kier molecular flexibility index (Phi) is 6.51. The van der Waals surface area contributed by atoms with Gasteiger partial charge in [0.15, 0.2) is 5.78 Å². The van der Waals surface area contributed by atoms with Crippen molar-refractivity contribution in [3.05, 3.63) is 89.7 Å². The van der Waals surface area contributed by atoms with Crippen LogP contribution in [0.2, 0.25) is 0 Å². The van der Waals surface area contributed by atoms with Gasteiger partial charge in [-0.15, -0.1) is 23.8 Å². The van der Waals surface area contributed by atoms with E-state index in [9.17, 15) is 4.79 Å². The Morgan fingerprint density at radius 3 is 2.47 bits per heavy atom. The molecule has 2 aromatic heterocycles. The zero-order valence-electron chi connectivity index (χ0n) is 19.1. The molecule has 5 heteroatoms. The number of ketones is 1. The van der Waals surface area contributed by atoms with Crippen LogP contribution in [-0.4, -0.2) is 20.4 Å². The number of carbonyl (C=O) groups excluding carboxylic acids is 1. The number of nitrogens with zero attached hydrogens (tertiary/aromatic N) is 2. The molecule has 0 spiro atoms. The number of aliphatic hydroxyl groups excluding tert-OH is 1. The van der Waals surface area contributed by atoms with Crippen molar-refractivity contribution in [2.45, 2.75) is 13.8 Å². The third-order valence-corrected chi connectivity index (χ3v) is 5.88. The second-order valence-corrected chi connectivity index (χ2v) is 8.26. The number of hydrogen-bond acceptors (Lipinski definition) is 3. The van der Waals surface area contributed by atoms with Gasteiger partial charge in [-0.25, -0.2) is 0 Å². The number of aromatic nitrogens is 2. The van der Waals surface area contributed by atoms with E-state index in [-0.39, 0.29) is 31.6 Å². The maximum absolute atomic E-state index is 10.0. The first-order valence-corrected chi connectivity index (χ1v) is 10.8. The Labute approximate surface area is 211 Å². The van der Waals surface area contributed by atoms with E-state index in [1.165, 1.54) is 58.2 Å². The number of rotatable bonds is 2. The average molecular weight is 624 g/mol. The molecule has 0 atom stereocenters. The Bertz CT molecular complexity index is 1620. The van der Waals surface area contributed by atoms with Gasteiger partial charge in [0.05, 0.1) is 11.3 Å². The topological polar surface area (TPSA) is 55.1 Å². The normalized spacial score (nSPS) is 12.0. The van der Waals surface area contributed by atoms with Crippen molar-refractivity contribution in [3.8, 4) is 11.3 Å². The fourth-order valence-electron chi connectivity index (χ4n) is 4.57. The number of allylic oxidation sites excluding steroid dienone is 2. The molecule has 0 unspecified atom stereocenters. The molecule has 0 amide bonds. The predicted octanol–water partition coefficient (Wildman–Crippen LogP) is 6.87. The van der Waals surface area contributed by atoms with E-state index >= 15 is 0 Å². The maximum atomic E-state index is 10.0. The molecule has 3 aromatic carbocycles. The van der Waals surface area contributed by atoms with Gasteiger partial charge < -0.3 is 9.67 Å². The molecule has 171 valence electrons. The fourth-order valence-corrected chi connectivity index (χ4v) is 4.57. The molecule has 6 rings (SSSR count). The Balaban J connectivity index is 0.000000303. The molecular weight excluding hydrogens is 601 g/mol. The smallest absolute Gasteiger partial charge is 0.155 e. The van der Waals surface area contributed by atoms with Crippen LogP contribution < -0.4 is 0 Å². The van der Waals surface area contributed by atoms with Crippen LogP contribution in [0.25, 0.3) is 56.1 Å². The van der Waals surface area contributed by atoms with Gasteiger partial charge in [0.25, 0.3) is 0 Å². The Morgan fingerprint density at radius 1 is 0.971 bits per heavy atom. The number of para-hydroxylation sites is 1. The first-order chi connectivity index (χ1) is 15.9. The summed E-state index contributed by atoms with van der Waals surface area (Å²) < 4.78 is 2.25. The van der Waals surface area contributed by atoms with Gasteiger partial charge in [0.1, 0.15) is 0 Å². The van der Waals surface area contributed by atoms with Crippen molar-refractivity contribution in [2.75, 3.05) is 0 Å². The van der Waals surface area contributed by atoms with Gasteiger partial charge >= 0.3 is 0 Å². The number of fused-ring (bicyclic) bond motifs is 3. The summed E-state index contributed by atoms with van der Waals surface area (Å²) in [5, 5.41) is 12.1. The van der Waals surface area contributed by atoms with Gasteiger partial charge in [0, 0.05) is 44.1 Å². The van der Waals surface area contributed by atoms with E-state index in [1.54, 1.807) is 0 Å². The number of carbonyl (C=O) groups is 1. The molecule has 2 heterocycles. The molecule has 0 aliphatic heterocycles. The molecule has 1 radical (unpaired) electrons. The molecule has 1 N–H and O–H groups in total. The molecule has 0 saturated heterocycles. The molecule has 0 saturated carbocycles. The largest absolute Gasteiger partial charge is 0.512 e. The molecule has 0 bridgehead atoms. The summed E-state index contributed by atoms with van der Waals surface area (Å²) >= 11 is 0. The van der Waals surface area contributed by atoms with Crippen LogP contribution in [0, 0.1) is 6.07 Å². The number of benzene rings is 3. The van der Waals surface area contributed by atoms with E-state index in [0.29, 0.717) is 0 Å². The van der Waals surface area contributed by atoms with Gasteiger partial charge in [-0.3, -0.25) is 9.78 Å². The number of aliphatic hydroxyl groups is 1. The van der Waals surface area contributed by atoms with E-state index in [4.69, 9.17) is 10.1 Å². The second kappa shape index (κ2) is 9.38. The van der Waals surface area contributed by atoms with Crippen molar-refractivity contribution in [1.29, 1.82) is 0 Å². The average Bonchev–Trinajstić information content (AvgIpc) is 3.34. The molecular formula is C29H23IrN2O2-. The minimum Gasteiger partial charge on any atom is -0.512 e. The van der Waals surface area contributed by atoms with Crippen LogP contribution in [0.3, 0.4) is 0 Å². The Hall–Kier alpha value is -3.53. The maximum Gasteiger partial charge on any atom is 0.155 e. The summed E-state index contributed by atoms with van der Waals surface area (Å²) in [4.78, 5) is 15.0. The fraction of sp³-hybridized carbons (Fsp3) is 0.103.